The number of nitrogens with one attached hydrogen (secondary N) is 1. The molecule has 0 bridgehead atoms. The van der Waals surface area contributed by atoms with Gasteiger partial charge in [0.25, 0.3) is 0 Å². The molecule has 1 N–H and O–H groups in total. The lowest BCUT2D eigenvalue weighted by Gasteiger charge is -2.27. The third-order valence-corrected chi connectivity index (χ3v) is 2.02. The maximum absolute atomic E-state index is 13.3. The molecule has 0 radical (unpaired) electrons. The van der Waals surface area contributed by atoms with E-state index in [1.807, 2.05) is 24.2 Å². The average molecular weight is 218 g/mol. The van der Waals surface area contributed by atoms with Crippen molar-refractivity contribution in [2.24, 2.45) is 5.10 Å². The molecule has 15 heavy (non-hydrogen) atoms. The van der Waals surface area contributed by atoms with E-state index in [4.69, 9.17) is 0 Å². The Labute approximate surface area is 88.1 Å². The number of hydrogen-bond donors (Lipinski definition) is 1. The summed E-state index contributed by atoms with van der Waals surface area (Å²) >= 11 is 0. The van der Waals surface area contributed by atoms with E-state index in [9.17, 15) is 8.87 Å². The van der Waals surface area contributed by atoms with Crippen LogP contribution in [0.15, 0.2) is 16.7 Å². The minimum absolute atomic E-state index is 0.144. The van der Waals surface area contributed by atoms with Gasteiger partial charge in [-0.05, 0) is 18.2 Å². The zero-order valence-electron chi connectivity index (χ0n) is 9.00. The number of hydrazine groups is 1. The zero-order chi connectivity index (χ0) is 11.3. The number of allylic oxidation sites excluding steroid dienone is 1. The molecule has 0 aromatic heterocycles. The summed E-state index contributed by atoms with van der Waals surface area (Å²) in [6.07, 6.45) is 3.01. The molecule has 0 aromatic rings. The topological polar surface area (TPSA) is 30.9 Å². The van der Waals surface area contributed by atoms with Crippen LogP contribution in [0.1, 0.15) is 26.7 Å². The van der Waals surface area contributed by atoms with E-state index in [1.54, 1.807) is 0 Å². The van der Waals surface area contributed by atoms with Gasteiger partial charge in [-0.25, -0.2) is 5.43 Å². The van der Waals surface area contributed by atoms with E-state index >= 15 is 0 Å². The van der Waals surface area contributed by atoms with Gasteiger partial charge in [-0.2, -0.15) is 4.39 Å². The molecular formula is C9H16F2N4. The van der Waals surface area contributed by atoms with Gasteiger partial charge in [0.1, 0.15) is 5.70 Å². The van der Waals surface area contributed by atoms with Crippen molar-refractivity contribution >= 4 is 6.21 Å². The standard InChI is InChI=1S/C9H16F2N4/c1-3-5-14(6-4-2)8-7-12-15(11)13-9(8)10/h7,13H,3-6H2,1-2H3. The summed E-state index contributed by atoms with van der Waals surface area (Å²) in [5.74, 6) is -0.700. The Morgan fingerprint density at radius 3 is 2.47 bits per heavy atom. The molecule has 1 rings (SSSR count). The summed E-state index contributed by atoms with van der Waals surface area (Å²) < 4.78 is 25.8. The van der Waals surface area contributed by atoms with Gasteiger partial charge in [-0.15, -0.1) is 5.10 Å². The fourth-order valence-corrected chi connectivity index (χ4v) is 1.44. The SMILES string of the molecule is CCCN(CCC)C1=C(F)NN(F)N=C1. The fraction of sp³-hybridized carbons (Fsp3) is 0.667. The highest BCUT2D eigenvalue weighted by molar-refractivity contribution is 5.78. The second-order valence-electron chi connectivity index (χ2n) is 3.30. The van der Waals surface area contributed by atoms with Crippen molar-refractivity contribution in [1.29, 1.82) is 0 Å². The molecule has 0 spiro atoms. The summed E-state index contributed by atoms with van der Waals surface area (Å²) in [6.45, 7) is 5.49. The fourth-order valence-electron chi connectivity index (χ4n) is 1.44. The molecule has 4 nitrogen and oxygen atoms in total. The molecule has 0 atom stereocenters. The maximum atomic E-state index is 13.3. The first kappa shape index (κ1) is 11.7. The van der Waals surface area contributed by atoms with Gasteiger partial charge < -0.3 is 4.90 Å². The highest BCUT2D eigenvalue weighted by Crippen LogP contribution is 2.13. The van der Waals surface area contributed by atoms with Crippen LogP contribution in [0.4, 0.5) is 8.87 Å². The van der Waals surface area contributed by atoms with E-state index in [0.29, 0.717) is 5.70 Å². The molecule has 0 saturated heterocycles. The summed E-state index contributed by atoms with van der Waals surface area (Å²) in [4.78, 5) is 1.85. The summed E-state index contributed by atoms with van der Waals surface area (Å²) in [5.41, 5.74) is 2.18. The number of nitrogens with zero attached hydrogens (tertiary/aromatic N) is 3. The lowest BCUT2D eigenvalue weighted by Crippen LogP contribution is -2.35. The van der Waals surface area contributed by atoms with Crippen LogP contribution < -0.4 is 5.43 Å². The van der Waals surface area contributed by atoms with Crippen LogP contribution in [0, 0.1) is 0 Å². The predicted octanol–water partition coefficient (Wildman–Crippen LogP) is 1.94. The smallest absolute Gasteiger partial charge is 0.234 e. The minimum atomic E-state index is -0.700. The molecule has 1 aliphatic heterocycles. The Morgan fingerprint density at radius 2 is 2.00 bits per heavy atom. The van der Waals surface area contributed by atoms with Gasteiger partial charge >= 0.3 is 0 Å². The van der Waals surface area contributed by atoms with Crippen molar-refractivity contribution in [3.63, 3.8) is 0 Å². The van der Waals surface area contributed by atoms with Gasteiger partial charge in [0.2, 0.25) is 5.95 Å². The molecule has 86 valence electrons. The summed E-state index contributed by atoms with van der Waals surface area (Å²) in [7, 11) is 0. The van der Waals surface area contributed by atoms with E-state index in [1.165, 1.54) is 6.21 Å². The summed E-state index contributed by atoms with van der Waals surface area (Å²) in [6, 6.07) is 0. The van der Waals surface area contributed by atoms with Crippen LogP contribution in [0.5, 0.6) is 0 Å². The number of halogens is 2. The van der Waals surface area contributed by atoms with Crippen molar-refractivity contribution in [2.45, 2.75) is 26.7 Å². The van der Waals surface area contributed by atoms with E-state index in [2.05, 4.69) is 5.10 Å². The molecular weight excluding hydrogens is 202 g/mol. The van der Waals surface area contributed by atoms with E-state index < -0.39 is 5.95 Å². The number of hydrogen-bond acceptors (Lipinski definition) is 4. The number of hydrazone groups is 1. The van der Waals surface area contributed by atoms with Crippen molar-refractivity contribution in [3.05, 3.63) is 11.6 Å². The van der Waals surface area contributed by atoms with Gasteiger partial charge in [0, 0.05) is 13.1 Å². The normalized spacial score (nSPS) is 15.6. The van der Waals surface area contributed by atoms with Crippen molar-refractivity contribution < 1.29 is 8.87 Å². The minimum Gasteiger partial charge on any atom is -0.367 e. The largest absolute Gasteiger partial charge is 0.367 e. The second-order valence-corrected chi connectivity index (χ2v) is 3.30. The molecule has 6 heteroatoms. The third kappa shape index (κ3) is 3.07. The quantitative estimate of drug-likeness (QED) is 0.565. The molecule has 0 amide bonds. The van der Waals surface area contributed by atoms with Gasteiger partial charge in [-0.1, -0.05) is 18.3 Å². The van der Waals surface area contributed by atoms with Crippen molar-refractivity contribution in [3.8, 4) is 0 Å². The average Bonchev–Trinajstić information content (AvgIpc) is 2.17. The highest BCUT2D eigenvalue weighted by atomic mass is 19.2. The Bertz CT molecular complexity index is 259. The Hall–Kier alpha value is -1.33. The first-order chi connectivity index (χ1) is 7.19. The van der Waals surface area contributed by atoms with Crippen LogP contribution >= 0.6 is 0 Å². The lowest BCUT2D eigenvalue weighted by atomic mass is 10.3. The monoisotopic (exact) mass is 218 g/mol. The first-order valence-electron chi connectivity index (χ1n) is 5.10. The molecule has 0 unspecified atom stereocenters. The van der Waals surface area contributed by atoms with Crippen molar-refractivity contribution in [1.82, 2.24) is 15.7 Å². The van der Waals surface area contributed by atoms with Crippen LogP contribution in [0.2, 0.25) is 0 Å². The summed E-state index contributed by atoms with van der Waals surface area (Å²) in [5, 5.41) is 3.19. The number of rotatable bonds is 5. The molecule has 0 fully saturated rings. The predicted molar refractivity (Wildman–Crippen MR) is 54.9 cm³/mol. The van der Waals surface area contributed by atoms with Crippen molar-refractivity contribution in [2.75, 3.05) is 13.1 Å². The van der Waals surface area contributed by atoms with Gasteiger partial charge in [0.15, 0.2) is 0 Å². The third-order valence-electron chi connectivity index (χ3n) is 2.02. The molecule has 0 aromatic carbocycles. The molecule has 1 heterocycles. The molecule has 0 saturated carbocycles. The Balaban J connectivity index is 2.74. The van der Waals surface area contributed by atoms with Gasteiger partial charge in [-0.3, -0.25) is 0 Å². The van der Waals surface area contributed by atoms with E-state index in [0.717, 1.165) is 25.9 Å². The second kappa shape index (κ2) is 5.53. The lowest BCUT2D eigenvalue weighted by molar-refractivity contribution is -0.0292. The van der Waals surface area contributed by atoms with Gasteiger partial charge in [0.05, 0.1) is 6.21 Å². The maximum Gasteiger partial charge on any atom is 0.234 e. The van der Waals surface area contributed by atoms with Crippen LogP contribution in [0.3, 0.4) is 0 Å². The zero-order valence-corrected chi connectivity index (χ0v) is 9.00. The molecule has 0 aliphatic carbocycles. The van der Waals surface area contributed by atoms with Crippen LogP contribution in [-0.4, -0.2) is 29.5 Å². The van der Waals surface area contributed by atoms with Crippen LogP contribution in [-0.2, 0) is 0 Å². The van der Waals surface area contributed by atoms with E-state index in [-0.39, 0.29) is 5.34 Å². The van der Waals surface area contributed by atoms with Crippen LogP contribution in [0.25, 0.3) is 0 Å². The Morgan fingerprint density at radius 1 is 1.40 bits per heavy atom. The first-order valence-corrected chi connectivity index (χ1v) is 5.10. The highest BCUT2D eigenvalue weighted by Gasteiger charge is 2.18. The Kier molecular flexibility index (Phi) is 4.33. The molecule has 1 aliphatic rings.